The van der Waals surface area contributed by atoms with Gasteiger partial charge in [-0.3, -0.25) is 0 Å². The zero-order valence-corrected chi connectivity index (χ0v) is 14.8. The maximum absolute atomic E-state index is 10.2. The van der Waals surface area contributed by atoms with E-state index in [-0.39, 0.29) is 5.75 Å². The molecular formula is C23H19N3O. The third kappa shape index (κ3) is 4.18. The second-order valence-corrected chi connectivity index (χ2v) is 6.33. The first-order chi connectivity index (χ1) is 13.3. The fourth-order valence-electron chi connectivity index (χ4n) is 2.97. The predicted molar refractivity (Wildman–Crippen MR) is 105 cm³/mol. The Kier molecular flexibility index (Phi) is 4.88. The average Bonchev–Trinajstić information content (AvgIpc) is 2.70. The van der Waals surface area contributed by atoms with E-state index in [9.17, 15) is 5.11 Å². The van der Waals surface area contributed by atoms with Crippen LogP contribution in [-0.4, -0.2) is 20.1 Å². The fraction of sp³-hybridized carbons (Fsp3) is 0.0870. The fourth-order valence-corrected chi connectivity index (χ4v) is 2.97. The summed E-state index contributed by atoms with van der Waals surface area (Å²) < 4.78 is 0. The number of hydrogen-bond acceptors (Lipinski definition) is 4. The minimum Gasteiger partial charge on any atom is -0.507 e. The minimum absolute atomic E-state index is 0.167. The summed E-state index contributed by atoms with van der Waals surface area (Å²) in [6, 6.07) is 27.4. The topological polar surface area (TPSA) is 58.9 Å². The molecule has 0 spiro atoms. The molecule has 1 heterocycles. The lowest BCUT2D eigenvalue weighted by Gasteiger charge is -2.09. The van der Waals surface area contributed by atoms with Crippen LogP contribution in [0.2, 0.25) is 0 Å². The molecule has 132 valence electrons. The van der Waals surface area contributed by atoms with Gasteiger partial charge in [-0.1, -0.05) is 72.8 Å². The van der Waals surface area contributed by atoms with Crippen LogP contribution in [0.5, 0.6) is 5.75 Å². The number of aromatic nitrogens is 3. The van der Waals surface area contributed by atoms with E-state index in [1.54, 1.807) is 12.1 Å². The molecule has 0 aliphatic rings. The Morgan fingerprint density at radius 2 is 1.04 bits per heavy atom. The van der Waals surface area contributed by atoms with Gasteiger partial charge in [0.25, 0.3) is 0 Å². The molecule has 1 N–H and O–H groups in total. The van der Waals surface area contributed by atoms with Crippen molar-refractivity contribution < 1.29 is 5.11 Å². The van der Waals surface area contributed by atoms with Crippen molar-refractivity contribution >= 4 is 0 Å². The Morgan fingerprint density at radius 1 is 0.556 bits per heavy atom. The SMILES string of the molecule is Oc1ccccc1-c1nc(Cc2ccccc2)nc(Cc2ccccc2)n1. The van der Waals surface area contributed by atoms with Crippen molar-refractivity contribution in [2.24, 2.45) is 0 Å². The normalized spacial score (nSPS) is 10.7. The highest BCUT2D eigenvalue weighted by Gasteiger charge is 2.12. The van der Waals surface area contributed by atoms with Gasteiger partial charge in [-0.2, -0.15) is 0 Å². The Labute approximate surface area is 158 Å². The summed E-state index contributed by atoms with van der Waals surface area (Å²) in [6.07, 6.45) is 1.23. The summed E-state index contributed by atoms with van der Waals surface area (Å²) in [5.41, 5.74) is 2.89. The first kappa shape index (κ1) is 16.9. The van der Waals surface area contributed by atoms with Crippen LogP contribution in [0.4, 0.5) is 0 Å². The molecule has 0 bridgehead atoms. The zero-order chi connectivity index (χ0) is 18.5. The van der Waals surface area contributed by atoms with Crippen LogP contribution in [0.1, 0.15) is 22.8 Å². The van der Waals surface area contributed by atoms with Crippen LogP contribution in [-0.2, 0) is 12.8 Å². The molecule has 0 saturated heterocycles. The lowest BCUT2D eigenvalue weighted by Crippen LogP contribution is -2.07. The number of phenolic OH excluding ortho intramolecular Hbond substituents is 1. The third-order valence-corrected chi connectivity index (χ3v) is 4.28. The van der Waals surface area contributed by atoms with Crippen LogP contribution < -0.4 is 0 Å². The first-order valence-corrected chi connectivity index (χ1v) is 8.88. The van der Waals surface area contributed by atoms with Crippen molar-refractivity contribution in [3.05, 3.63) is 108 Å². The second kappa shape index (κ2) is 7.79. The van der Waals surface area contributed by atoms with E-state index in [1.807, 2.05) is 48.5 Å². The molecule has 27 heavy (non-hydrogen) atoms. The van der Waals surface area contributed by atoms with Gasteiger partial charge in [-0.25, -0.2) is 15.0 Å². The van der Waals surface area contributed by atoms with E-state index < -0.39 is 0 Å². The highest BCUT2D eigenvalue weighted by molar-refractivity contribution is 5.63. The largest absolute Gasteiger partial charge is 0.507 e. The summed E-state index contributed by atoms with van der Waals surface area (Å²) >= 11 is 0. The molecule has 0 amide bonds. The van der Waals surface area contributed by atoms with E-state index in [0.717, 1.165) is 11.1 Å². The lowest BCUT2D eigenvalue weighted by atomic mass is 10.1. The quantitative estimate of drug-likeness (QED) is 0.577. The first-order valence-electron chi connectivity index (χ1n) is 8.88. The summed E-state index contributed by atoms with van der Waals surface area (Å²) in [4.78, 5) is 13.9. The van der Waals surface area contributed by atoms with Crippen LogP contribution in [0.15, 0.2) is 84.9 Å². The molecule has 0 unspecified atom stereocenters. The highest BCUT2D eigenvalue weighted by Crippen LogP contribution is 2.26. The van der Waals surface area contributed by atoms with Crippen molar-refractivity contribution in [1.82, 2.24) is 15.0 Å². The van der Waals surface area contributed by atoms with Gasteiger partial charge in [0, 0.05) is 12.8 Å². The predicted octanol–water partition coefficient (Wildman–Crippen LogP) is 4.43. The Morgan fingerprint density at radius 3 is 1.56 bits per heavy atom. The van der Waals surface area contributed by atoms with Gasteiger partial charge < -0.3 is 5.11 Å². The van der Waals surface area contributed by atoms with E-state index in [4.69, 9.17) is 0 Å². The molecule has 4 heteroatoms. The molecule has 1 aromatic heterocycles. The van der Waals surface area contributed by atoms with Gasteiger partial charge in [0.2, 0.25) is 0 Å². The van der Waals surface area contributed by atoms with Crippen molar-refractivity contribution in [2.75, 3.05) is 0 Å². The third-order valence-electron chi connectivity index (χ3n) is 4.28. The maximum atomic E-state index is 10.2. The highest BCUT2D eigenvalue weighted by atomic mass is 16.3. The van der Waals surface area contributed by atoms with E-state index >= 15 is 0 Å². The van der Waals surface area contributed by atoms with Gasteiger partial charge in [0.1, 0.15) is 17.4 Å². The number of rotatable bonds is 5. The van der Waals surface area contributed by atoms with E-state index in [2.05, 4.69) is 39.2 Å². The Hall–Kier alpha value is -3.53. The molecule has 0 aliphatic heterocycles. The monoisotopic (exact) mass is 353 g/mol. The van der Waals surface area contributed by atoms with Gasteiger partial charge >= 0.3 is 0 Å². The molecule has 0 radical (unpaired) electrons. The van der Waals surface area contributed by atoms with Crippen LogP contribution >= 0.6 is 0 Å². The van der Waals surface area contributed by atoms with Crippen LogP contribution in [0.25, 0.3) is 11.4 Å². The molecule has 0 atom stereocenters. The van der Waals surface area contributed by atoms with E-state index in [1.165, 1.54) is 0 Å². The van der Waals surface area contributed by atoms with Gasteiger partial charge in [0.05, 0.1) is 5.56 Å². The number of nitrogens with zero attached hydrogens (tertiary/aromatic N) is 3. The number of benzene rings is 3. The molecule has 4 rings (SSSR count). The van der Waals surface area contributed by atoms with Crippen LogP contribution in [0.3, 0.4) is 0 Å². The summed E-state index contributed by atoms with van der Waals surface area (Å²) in [5, 5.41) is 10.2. The Bertz CT molecular complexity index is 974. The molecular weight excluding hydrogens is 334 g/mol. The van der Waals surface area contributed by atoms with Gasteiger partial charge in [-0.15, -0.1) is 0 Å². The van der Waals surface area contributed by atoms with Crippen molar-refractivity contribution in [3.8, 4) is 17.1 Å². The van der Waals surface area contributed by atoms with Gasteiger partial charge in [-0.05, 0) is 23.3 Å². The number of para-hydroxylation sites is 1. The summed E-state index contributed by atoms with van der Waals surface area (Å²) in [5.74, 6) is 2.06. The van der Waals surface area contributed by atoms with Gasteiger partial charge in [0.15, 0.2) is 5.82 Å². The van der Waals surface area contributed by atoms with Crippen molar-refractivity contribution in [3.63, 3.8) is 0 Å². The summed E-state index contributed by atoms with van der Waals surface area (Å²) in [6.45, 7) is 0. The molecule has 0 fully saturated rings. The molecule has 0 saturated carbocycles. The Balaban J connectivity index is 1.75. The van der Waals surface area contributed by atoms with Crippen molar-refractivity contribution in [2.45, 2.75) is 12.8 Å². The average molecular weight is 353 g/mol. The number of phenols is 1. The lowest BCUT2D eigenvalue weighted by molar-refractivity contribution is 0.477. The maximum Gasteiger partial charge on any atom is 0.167 e. The smallest absolute Gasteiger partial charge is 0.167 e. The molecule has 4 aromatic rings. The zero-order valence-electron chi connectivity index (χ0n) is 14.8. The molecule has 0 aliphatic carbocycles. The molecule has 3 aromatic carbocycles. The van der Waals surface area contributed by atoms with Crippen LogP contribution in [0, 0.1) is 0 Å². The molecule has 4 nitrogen and oxygen atoms in total. The second-order valence-electron chi connectivity index (χ2n) is 6.33. The minimum atomic E-state index is 0.167. The van der Waals surface area contributed by atoms with Crippen molar-refractivity contribution in [1.29, 1.82) is 0 Å². The van der Waals surface area contributed by atoms with E-state index in [0.29, 0.717) is 35.9 Å². The number of aromatic hydroxyl groups is 1. The standard InChI is InChI=1S/C23H19N3O/c27-20-14-8-7-13-19(20)23-25-21(15-17-9-3-1-4-10-17)24-22(26-23)16-18-11-5-2-6-12-18/h1-14,27H,15-16H2. The summed E-state index contributed by atoms with van der Waals surface area (Å²) in [7, 11) is 0. The number of hydrogen-bond donors (Lipinski definition) is 1.